The fourth-order valence-corrected chi connectivity index (χ4v) is 3.06. The van der Waals surface area contributed by atoms with Gasteiger partial charge in [0, 0.05) is 5.02 Å². The summed E-state index contributed by atoms with van der Waals surface area (Å²) in [6.45, 7) is 0.0323. The van der Waals surface area contributed by atoms with Crippen molar-refractivity contribution in [2.75, 3.05) is 7.11 Å². The van der Waals surface area contributed by atoms with Crippen molar-refractivity contribution in [2.45, 2.75) is 6.54 Å². The minimum absolute atomic E-state index is 0.0323. The molecule has 1 aromatic heterocycles. The molecule has 2 aromatic carbocycles. The molecule has 0 amide bonds. The van der Waals surface area contributed by atoms with Gasteiger partial charge in [0.05, 0.1) is 35.1 Å². The molecule has 0 saturated heterocycles. The molecule has 0 atom stereocenters. The molecule has 1 N–H and O–H groups in total. The fourth-order valence-electron chi connectivity index (χ4n) is 2.49. The van der Waals surface area contributed by atoms with Crippen LogP contribution >= 0.6 is 23.2 Å². The van der Waals surface area contributed by atoms with Gasteiger partial charge in [-0.3, -0.25) is 9.36 Å². The van der Waals surface area contributed by atoms with Crippen molar-refractivity contribution in [1.29, 1.82) is 0 Å². The van der Waals surface area contributed by atoms with Crippen LogP contribution in [0.3, 0.4) is 0 Å². The molecule has 8 heteroatoms. The number of rotatable bonds is 3. The van der Waals surface area contributed by atoms with Crippen LogP contribution in [-0.4, -0.2) is 22.6 Å². The summed E-state index contributed by atoms with van der Waals surface area (Å²) in [4.78, 5) is 38.9. The molecule has 0 spiro atoms. The molecule has 6 nitrogen and oxygen atoms in total. The number of hydrogen-bond donors (Lipinski definition) is 1. The van der Waals surface area contributed by atoms with E-state index in [4.69, 9.17) is 23.2 Å². The lowest BCUT2D eigenvalue weighted by atomic mass is 10.1. The van der Waals surface area contributed by atoms with E-state index in [9.17, 15) is 14.4 Å². The van der Waals surface area contributed by atoms with Crippen LogP contribution in [0.15, 0.2) is 46.0 Å². The van der Waals surface area contributed by atoms with Gasteiger partial charge in [0.2, 0.25) is 0 Å². The van der Waals surface area contributed by atoms with Crippen molar-refractivity contribution < 1.29 is 9.53 Å². The van der Waals surface area contributed by atoms with Gasteiger partial charge >= 0.3 is 11.7 Å². The van der Waals surface area contributed by atoms with Crippen LogP contribution in [0.2, 0.25) is 10.0 Å². The van der Waals surface area contributed by atoms with Crippen LogP contribution in [0, 0.1) is 0 Å². The first kappa shape index (κ1) is 17.3. The Hall–Kier alpha value is -2.57. The largest absolute Gasteiger partial charge is 0.465 e. The average Bonchev–Trinajstić information content (AvgIpc) is 2.57. The number of aromatic amines is 1. The predicted molar refractivity (Wildman–Crippen MR) is 95.7 cm³/mol. The number of halogens is 2. The Bertz CT molecular complexity index is 1080. The molecule has 0 radical (unpaired) electrons. The number of ether oxygens (including phenoxy) is 1. The van der Waals surface area contributed by atoms with Gasteiger partial charge in [-0.25, -0.2) is 9.59 Å². The number of carbonyl (C=O) groups is 1. The van der Waals surface area contributed by atoms with Gasteiger partial charge in [0.15, 0.2) is 0 Å². The normalized spacial score (nSPS) is 10.8. The van der Waals surface area contributed by atoms with Gasteiger partial charge in [0.1, 0.15) is 0 Å². The Kier molecular flexibility index (Phi) is 4.65. The van der Waals surface area contributed by atoms with Gasteiger partial charge < -0.3 is 9.72 Å². The zero-order valence-corrected chi connectivity index (χ0v) is 14.5. The summed E-state index contributed by atoms with van der Waals surface area (Å²) in [6, 6.07) is 9.34. The van der Waals surface area contributed by atoms with Crippen molar-refractivity contribution >= 4 is 40.1 Å². The summed E-state index contributed by atoms with van der Waals surface area (Å²) in [7, 11) is 1.29. The average molecular weight is 379 g/mol. The number of nitrogens with zero attached hydrogens (tertiary/aromatic N) is 1. The highest BCUT2D eigenvalue weighted by molar-refractivity contribution is 6.38. The van der Waals surface area contributed by atoms with Crippen LogP contribution in [0.25, 0.3) is 10.9 Å². The molecule has 128 valence electrons. The Labute approximate surface area is 151 Å². The molecule has 0 fully saturated rings. The lowest BCUT2D eigenvalue weighted by Crippen LogP contribution is -2.35. The van der Waals surface area contributed by atoms with Gasteiger partial charge in [-0.15, -0.1) is 0 Å². The first-order valence-corrected chi connectivity index (χ1v) is 7.95. The summed E-state index contributed by atoms with van der Waals surface area (Å²) >= 11 is 12.0. The second-order valence-corrected chi connectivity index (χ2v) is 6.16. The summed E-state index contributed by atoms with van der Waals surface area (Å²) in [5.74, 6) is -0.462. The maximum atomic E-state index is 12.6. The molecule has 3 aromatic rings. The highest BCUT2D eigenvalue weighted by Gasteiger charge is 2.13. The van der Waals surface area contributed by atoms with Crippen LogP contribution in [0.4, 0.5) is 0 Å². The van der Waals surface area contributed by atoms with Gasteiger partial charge in [-0.2, -0.15) is 0 Å². The topological polar surface area (TPSA) is 81.2 Å². The van der Waals surface area contributed by atoms with Gasteiger partial charge in [-0.1, -0.05) is 35.3 Å². The molecular formula is C17H12Cl2N2O4. The number of methoxy groups -OCH3 is 1. The Morgan fingerprint density at radius 3 is 2.48 bits per heavy atom. The van der Waals surface area contributed by atoms with Crippen LogP contribution in [0.1, 0.15) is 15.9 Å². The van der Waals surface area contributed by atoms with E-state index < -0.39 is 17.2 Å². The molecule has 0 aliphatic rings. The second kappa shape index (κ2) is 6.74. The minimum Gasteiger partial charge on any atom is -0.465 e. The molecule has 0 unspecified atom stereocenters. The van der Waals surface area contributed by atoms with Crippen molar-refractivity contribution in [1.82, 2.24) is 9.55 Å². The van der Waals surface area contributed by atoms with Crippen molar-refractivity contribution in [3.63, 3.8) is 0 Å². The number of hydrogen-bond acceptors (Lipinski definition) is 4. The Balaban J connectivity index is 2.06. The number of H-pyrrole nitrogens is 1. The van der Waals surface area contributed by atoms with E-state index in [0.29, 0.717) is 16.1 Å². The fraction of sp³-hybridized carbons (Fsp3) is 0.118. The molecule has 0 aliphatic carbocycles. The van der Waals surface area contributed by atoms with E-state index in [1.807, 2.05) is 0 Å². The molecule has 0 bridgehead atoms. The minimum atomic E-state index is -0.576. The predicted octanol–water partition coefficient (Wildman–Crippen LogP) is 2.83. The quantitative estimate of drug-likeness (QED) is 0.710. The first-order valence-electron chi connectivity index (χ1n) is 7.20. The molecule has 0 aliphatic heterocycles. The third-order valence-corrected chi connectivity index (χ3v) is 4.23. The summed E-state index contributed by atoms with van der Waals surface area (Å²) in [6.07, 6.45) is 0. The van der Waals surface area contributed by atoms with Gasteiger partial charge in [-0.05, 0) is 29.8 Å². The third kappa shape index (κ3) is 3.31. The van der Waals surface area contributed by atoms with E-state index in [2.05, 4.69) is 9.72 Å². The van der Waals surface area contributed by atoms with Crippen molar-refractivity contribution in [3.8, 4) is 0 Å². The van der Waals surface area contributed by atoms with Crippen LogP contribution < -0.4 is 11.2 Å². The van der Waals surface area contributed by atoms with Crippen LogP contribution in [-0.2, 0) is 11.3 Å². The van der Waals surface area contributed by atoms with Crippen molar-refractivity contribution in [2.24, 2.45) is 0 Å². The lowest BCUT2D eigenvalue weighted by Gasteiger charge is -2.08. The Morgan fingerprint density at radius 1 is 1.16 bits per heavy atom. The maximum absolute atomic E-state index is 12.6. The number of nitrogens with one attached hydrogen (secondary N) is 1. The number of carbonyl (C=O) groups excluding carboxylic acids is 1. The lowest BCUT2D eigenvalue weighted by molar-refractivity contribution is 0.0600. The molecule has 3 rings (SSSR count). The van der Waals surface area contributed by atoms with Crippen LogP contribution in [0.5, 0.6) is 0 Å². The second-order valence-electron chi connectivity index (χ2n) is 5.32. The summed E-state index contributed by atoms with van der Waals surface area (Å²) in [5.41, 5.74) is 0.239. The molecular weight excluding hydrogens is 367 g/mol. The third-order valence-electron chi connectivity index (χ3n) is 3.72. The monoisotopic (exact) mass is 378 g/mol. The first-order chi connectivity index (χ1) is 11.9. The van der Waals surface area contributed by atoms with E-state index >= 15 is 0 Å². The van der Waals surface area contributed by atoms with E-state index in [1.54, 1.807) is 24.3 Å². The van der Waals surface area contributed by atoms with Crippen molar-refractivity contribution in [3.05, 3.63) is 78.4 Å². The number of benzene rings is 2. The zero-order chi connectivity index (χ0) is 18.1. The summed E-state index contributed by atoms with van der Waals surface area (Å²) < 4.78 is 5.67. The SMILES string of the molecule is COC(=O)c1ccc(Cn2c(=O)[nH]c3cc(Cl)cc(Cl)c3c2=O)cc1. The van der Waals surface area contributed by atoms with E-state index in [0.717, 1.165) is 4.57 Å². The Morgan fingerprint density at radius 2 is 1.84 bits per heavy atom. The standard InChI is InChI=1S/C17H12Cl2N2O4/c1-25-16(23)10-4-2-9(3-5-10)8-21-15(22)14-12(19)6-11(18)7-13(14)20-17(21)24/h2-7H,8H2,1H3,(H,20,24). The smallest absolute Gasteiger partial charge is 0.337 e. The summed E-state index contributed by atoms with van der Waals surface area (Å²) in [5, 5.41) is 0.680. The molecule has 1 heterocycles. The highest BCUT2D eigenvalue weighted by atomic mass is 35.5. The number of aromatic nitrogens is 2. The number of esters is 1. The zero-order valence-electron chi connectivity index (χ0n) is 13.0. The molecule has 25 heavy (non-hydrogen) atoms. The number of fused-ring (bicyclic) bond motifs is 1. The highest BCUT2D eigenvalue weighted by Crippen LogP contribution is 2.23. The molecule has 0 saturated carbocycles. The maximum Gasteiger partial charge on any atom is 0.337 e. The van der Waals surface area contributed by atoms with Gasteiger partial charge in [0.25, 0.3) is 5.56 Å². The van der Waals surface area contributed by atoms with E-state index in [-0.39, 0.29) is 22.5 Å². The van der Waals surface area contributed by atoms with E-state index in [1.165, 1.54) is 19.2 Å².